The van der Waals surface area contributed by atoms with Gasteiger partial charge in [-0.15, -0.1) is 10.2 Å². The average Bonchev–Trinajstić information content (AvgIpc) is 3.35. The molecule has 0 saturated heterocycles. The molecule has 4 aromatic heterocycles. The number of aryl methyl sites for hydroxylation is 2. The van der Waals surface area contributed by atoms with E-state index >= 15 is 0 Å². The summed E-state index contributed by atoms with van der Waals surface area (Å²) < 4.78 is 11.4. The first-order valence-electron chi connectivity index (χ1n) is 9.21. The molecule has 5 aromatic rings. The quantitative estimate of drug-likeness (QED) is 0.342. The maximum absolute atomic E-state index is 6.09. The zero-order chi connectivity index (χ0) is 20.5. The molecular formula is C21H18ClN5O2. The first kappa shape index (κ1) is 19.0. The molecule has 0 N–H and O–H groups in total. The monoisotopic (exact) mass is 407 g/mol. The zero-order valence-corrected chi connectivity index (χ0v) is 17.2. The van der Waals surface area contributed by atoms with Crippen LogP contribution in [-0.4, -0.2) is 25.1 Å². The van der Waals surface area contributed by atoms with Crippen molar-refractivity contribution in [1.82, 2.24) is 25.1 Å². The molecule has 0 aliphatic carbocycles. The van der Waals surface area contributed by atoms with Gasteiger partial charge in [-0.05, 0) is 31.2 Å². The molecule has 8 heteroatoms. The maximum atomic E-state index is 6.09. The Hall–Kier alpha value is -3.32. The van der Waals surface area contributed by atoms with Gasteiger partial charge in [0.25, 0.3) is 0 Å². The number of hydrogen-bond acceptors (Lipinski definition) is 7. The van der Waals surface area contributed by atoms with Crippen molar-refractivity contribution in [1.29, 1.82) is 0 Å². The van der Waals surface area contributed by atoms with E-state index in [2.05, 4.69) is 25.1 Å². The maximum Gasteiger partial charge on any atom is 0.247 e. The minimum Gasteiger partial charge on any atom is -0.436 e. The van der Waals surface area contributed by atoms with Gasteiger partial charge in [0.05, 0.1) is 5.56 Å². The number of halogens is 1. The Bertz CT molecular complexity index is 1330. The van der Waals surface area contributed by atoms with Gasteiger partial charge in [0, 0.05) is 41.3 Å². The molecule has 7 nitrogen and oxygen atoms in total. The lowest BCUT2D eigenvalue weighted by Crippen LogP contribution is -1.90. The number of oxazole rings is 1. The van der Waals surface area contributed by atoms with Gasteiger partial charge in [-0.1, -0.05) is 25.4 Å². The van der Waals surface area contributed by atoms with Gasteiger partial charge < -0.3 is 8.83 Å². The van der Waals surface area contributed by atoms with E-state index in [0.29, 0.717) is 33.9 Å². The molecule has 4 heterocycles. The Balaban J connectivity index is 0.000000994. The average molecular weight is 408 g/mol. The Morgan fingerprint density at radius 3 is 2.45 bits per heavy atom. The second-order valence-electron chi connectivity index (χ2n) is 6.14. The van der Waals surface area contributed by atoms with Crippen molar-refractivity contribution >= 4 is 33.5 Å². The molecular weight excluding hydrogens is 390 g/mol. The first-order valence-corrected chi connectivity index (χ1v) is 9.58. The predicted octanol–water partition coefficient (Wildman–Crippen LogP) is 5.78. The lowest BCUT2D eigenvalue weighted by atomic mass is 10.1. The largest absolute Gasteiger partial charge is 0.436 e. The van der Waals surface area contributed by atoms with Crippen molar-refractivity contribution in [2.24, 2.45) is 0 Å². The molecule has 0 fully saturated rings. The fraction of sp³-hybridized carbons (Fsp3) is 0.190. The second kappa shape index (κ2) is 7.60. The van der Waals surface area contributed by atoms with E-state index in [1.165, 1.54) is 0 Å². The van der Waals surface area contributed by atoms with Crippen LogP contribution in [0.3, 0.4) is 0 Å². The topological polar surface area (TPSA) is 90.7 Å². The SMILES string of the molecule is CC.Cc1nnc(-c2ccc3oc(-c4cnc(C)c5cnc(Cl)cc45)nc3c2)o1. The third-order valence-corrected chi connectivity index (χ3v) is 4.54. The zero-order valence-electron chi connectivity index (χ0n) is 16.4. The standard InChI is InChI=1S/C19H12ClN5O2.C2H6/c1-9-13-7-22-17(20)6-12(13)14(8-21-9)19-23-15-5-11(3-4-16(15)27-19)18-25-24-10(2)26-18;1-2/h3-8H,1-2H3;1-2H3. The van der Waals surface area contributed by atoms with Gasteiger partial charge in [0.1, 0.15) is 10.7 Å². The van der Waals surface area contributed by atoms with E-state index in [-0.39, 0.29) is 0 Å². The molecule has 0 aliphatic rings. The van der Waals surface area contributed by atoms with Gasteiger partial charge in [0.2, 0.25) is 17.7 Å². The summed E-state index contributed by atoms with van der Waals surface area (Å²) in [5.74, 6) is 1.41. The van der Waals surface area contributed by atoms with Crippen LogP contribution >= 0.6 is 11.6 Å². The molecule has 0 spiro atoms. The number of rotatable bonds is 2. The van der Waals surface area contributed by atoms with Gasteiger partial charge in [-0.25, -0.2) is 9.97 Å². The summed E-state index contributed by atoms with van der Waals surface area (Å²) in [5, 5.41) is 10.1. The molecule has 0 unspecified atom stereocenters. The van der Waals surface area contributed by atoms with Crippen LogP contribution in [0, 0.1) is 13.8 Å². The molecule has 0 aliphatic heterocycles. The molecule has 0 saturated carbocycles. The van der Waals surface area contributed by atoms with E-state index in [4.69, 9.17) is 20.4 Å². The summed E-state index contributed by atoms with van der Waals surface area (Å²) in [6.45, 7) is 7.67. The molecule has 146 valence electrons. The number of fused-ring (bicyclic) bond motifs is 2. The molecule has 0 bridgehead atoms. The van der Waals surface area contributed by atoms with Crippen molar-refractivity contribution in [3.63, 3.8) is 0 Å². The fourth-order valence-corrected chi connectivity index (χ4v) is 3.16. The van der Waals surface area contributed by atoms with Crippen LogP contribution < -0.4 is 0 Å². The second-order valence-corrected chi connectivity index (χ2v) is 6.52. The van der Waals surface area contributed by atoms with Crippen LogP contribution in [0.2, 0.25) is 5.15 Å². The van der Waals surface area contributed by atoms with E-state index in [1.807, 2.05) is 39.0 Å². The lowest BCUT2D eigenvalue weighted by molar-refractivity contribution is 0.533. The van der Waals surface area contributed by atoms with E-state index < -0.39 is 0 Å². The highest BCUT2D eigenvalue weighted by atomic mass is 35.5. The lowest BCUT2D eigenvalue weighted by Gasteiger charge is -2.05. The van der Waals surface area contributed by atoms with E-state index in [0.717, 1.165) is 27.6 Å². The van der Waals surface area contributed by atoms with Crippen molar-refractivity contribution < 1.29 is 8.83 Å². The minimum atomic E-state index is 0.402. The van der Waals surface area contributed by atoms with Crippen LogP contribution in [0.5, 0.6) is 0 Å². The summed E-state index contributed by atoms with van der Waals surface area (Å²) in [7, 11) is 0. The van der Waals surface area contributed by atoms with Crippen molar-refractivity contribution in [2.45, 2.75) is 27.7 Å². The number of benzene rings is 1. The molecule has 0 radical (unpaired) electrons. The van der Waals surface area contributed by atoms with Crippen LogP contribution in [-0.2, 0) is 0 Å². The Kier molecular flexibility index (Phi) is 4.98. The van der Waals surface area contributed by atoms with Gasteiger partial charge in [-0.2, -0.15) is 0 Å². The van der Waals surface area contributed by atoms with Crippen LogP contribution in [0.15, 0.2) is 45.5 Å². The van der Waals surface area contributed by atoms with Crippen molar-refractivity contribution in [3.05, 3.63) is 53.4 Å². The summed E-state index contributed by atoms with van der Waals surface area (Å²) >= 11 is 6.09. The smallest absolute Gasteiger partial charge is 0.247 e. The fourth-order valence-electron chi connectivity index (χ4n) is 3.00. The number of pyridine rings is 2. The van der Waals surface area contributed by atoms with E-state index in [9.17, 15) is 0 Å². The highest BCUT2D eigenvalue weighted by molar-refractivity contribution is 6.30. The highest BCUT2D eigenvalue weighted by Crippen LogP contribution is 2.33. The summed E-state index contributed by atoms with van der Waals surface area (Å²) in [6, 6.07) is 7.34. The predicted molar refractivity (Wildman–Crippen MR) is 112 cm³/mol. The van der Waals surface area contributed by atoms with Crippen LogP contribution in [0.1, 0.15) is 25.4 Å². The van der Waals surface area contributed by atoms with Crippen LogP contribution in [0.25, 0.3) is 44.8 Å². The normalized spacial score (nSPS) is 10.9. The summed E-state index contributed by atoms with van der Waals surface area (Å²) in [5.41, 5.74) is 3.74. The summed E-state index contributed by atoms with van der Waals surface area (Å²) in [6.07, 6.45) is 3.45. The third-order valence-electron chi connectivity index (χ3n) is 4.33. The molecule has 1 aromatic carbocycles. The molecule has 29 heavy (non-hydrogen) atoms. The number of nitrogens with zero attached hydrogens (tertiary/aromatic N) is 5. The van der Waals surface area contributed by atoms with Gasteiger partial charge in [-0.3, -0.25) is 4.98 Å². The van der Waals surface area contributed by atoms with Crippen molar-refractivity contribution in [2.75, 3.05) is 0 Å². The van der Waals surface area contributed by atoms with Crippen LogP contribution in [0.4, 0.5) is 0 Å². The Morgan fingerprint density at radius 1 is 0.862 bits per heavy atom. The Morgan fingerprint density at radius 2 is 1.69 bits per heavy atom. The number of hydrogen-bond donors (Lipinski definition) is 0. The number of aromatic nitrogens is 5. The first-order chi connectivity index (χ1) is 14.1. The Labute approximate surface area is 171 Å². The highest BCUT2D eigenvalue weighted by Gasteiger charge is 2.16. The third kappa shape index (κ3) is 3.45. The molecule has 5 rings (SSSR count). The van der Waals surface area contributed by atoms with Gasteiger partial charge in [0.15, 0.2) is 5.58 Å². The minimum absolute atomic E-state index is 0.402. The molecule has 0 amide bonds. The van der Waals surface area contributed by atoms with Crippen molar-refractivity contribution in [3.8, 4) is 22.9 Å². The van der Waals surface area contributed by atoms with E-state index in [1.54, 1.807) is 25.4 Å². The van der Waals surface area contributed by atoms with Gasteiger partial charge >= 0.3 is 0 Å². The molecule has 0 atom stereocenters. The summed E-state index contributed by atoms with van der Waals surface area (Å²) in [4.78, 5) is 13.2.